The first-order valence-corrected chi connectivity index (χ1v) is 6.62. The Hall–Kier alpha value is -0.930. The van der Waals surface area contributed by atoms with E-state index in [1.165, 1.54) is 0 Å². The molecule has 0 aliphatic carbocycles. The molecular formula is C8H9F3O4S2. The maximum atomic E-state index is 10.7. The van der Waals surface area contributed by atoms with Crippen LogP contribution in [-0.4, -0.2) is 29.8 Å². The SMILES string of the molecule is CSc1ccccc1O.O=S(=O)(O)C(F)(F)F. The Morgan fingerprint density at radius 1 is 1.24 bits per heavy atom. The molecule has 0 amide bonds. The third kappa shape index (κ3) is 5.80. The smallest absolute Gasteiger partial charge is 0.507 e. The van der Waals surface area contributed by atoms with Crippen LogP contribution in [0.4, 0.5) is 13.2 Å². The molecule has 0 heterocycles. The first-order chi connectivity index (χ1) is 7.59. The summed E-state index contributed by atoms with van der Waals surface area (Å²) in [6.45, 7) is 0. The summed E-state index contributed by atoms with van der Waals surface area (Å²) in [5, 5.41) is 9.09. The number of hydrogen-bond acceptors (Lipinski definition) is 4. The van der Waals surface area contributed by atoms with Gasteiger partial charge >= 0.3 is 15.6 Å². The summed E-state index contributed by atoms with van der Waals surface area (Å²) in [4.78, 5) is 0.928. The van der Waals surface area contributed by atoms with Gasteiger partial charge in [0.1, 0.15) is 5.75 Å². The highest BCUT2D eigenvalue weighted by Gasteiger charge is 2.44. The Morgan fingerprint density at radius 2 is 1.65 bits per heavy atom. The fraction of sp³-hybridized carbons (Fsp3) is 0.250. The maximum Gasteiger partial charge on any atom is 0.522 e. The summed E-state index contributed by atoms with van der Waals surface area (Å²) in [6, 6.07) is 7.30. The van der Waals surface area contributed by atoms with Crippen molar-refractivity contribution >= 4 is 21.9 Å². The zero-order chi connectivity index (χ0) is 13.7. The average Bonchev–Trinajstić information content (AvgIpc) is 2.16. The van der Waals surface area contributed by atoms with Gasteiger partial charge in [-0.15, -0.1) is 11.8 Å². The summed E-state index contributed by atoms with van der Waals surface area (Å²) in [7, 11) is -5.84. The van der Waals surface area contributed by atoms with E-state index in [1.54, 1.807) is 17.8 Å². The average molecular weight is 290 g/mol. The summed E-state index contributed by atoms with van der Waals surface area (Å²) >= 11 is 1.55. The standard InChI is InChI=1S/C7H8OS.CHF3O3S/c1-9-7-5-3-2-4-6(7)8;2-1(3,4)8(5,6)7/h2-5,8H,1H3;(H,5,6,7). The van der Waals surface area contributed by atoms with Crippen LogP contribution in [0.2, 0.25) is 0 Å². The molecule has 9 heteroatoms. The van der Waals surface area contributed by atoms with Crippen molar-refractivity contribution in [1.29, 1.82) is 0 Å². The fourth-order valence-electron chi connectivity index (χ4n) is 0.630. The summed E-state index contributed by atoms with van der Waals surface area (Å²) < 4.78 is 57.5. The van der Waals surface area contributed by atoms with Crippen molar-refractivity contribution in [2.24, 2.45) is 0 Å². The van der Waals surface area contributed by atoms with Crippen molar-refractivity contribution < 1.29 is 31.2 Å². The molecule has 1 aromatic carbocycles. The molecule has 1 rings (SSSR count). The highest BCUT2D eigenvalue weighted by molar-refractivity contribution is 7.98. The highest BCUT2D eigenvalue weighted by Crippen LogP contribution is 2.24. The van der Waals surface area contributed by atoms with E-state index in [2.05, 4.69) is 0 Å². The Morgan fingerprint density at radius 3 is 1.88 bits per heavy atom. The molecule has 4 nitrogen and oxygen atoms in total. The second kappa shape index (κ2) is 6.12. The second-order valence-corrected chi connectivity index (χ2v) is 4.85. The Labute approximate surface area is 100 Å². The van der Waals surface area contributed by atoms with Gasteiger partial charge in [0.25, 0.3) is 0 Å². The number of phenols is 1. The molecule has 0 saturated heterocycles. The minimum atomic E-state index is -5.84. The molecule has 0 fully saturated rings. The maximum absolute atomic E-state index is 10.7. The van der Waals surface area contributed by atoms with Crippen molar-refractivity contribution in [2.45, 2.75) is 10.4 Å². The van der Waals surface area contributed by atoms with Crippen LogP contribution in [0.3, 0.4) is 0 Å². The van der Waals surface area contributed by atoms with E-state index in [9.17, 15) is 13.2 Å². The number of aromatic hydroxyl groups is 1. The van der Waals surface area contributed by atoms with Gasteiger partial charge in [-0.1, -0.05) is 12.1 Å². The summed E-state index contributed by atoms with van der Waals surface area (Å²) in [5.41, 5.74) is -5.53. The third-order valence-corrected chi connectivity index (χ3v) is 2.75. The van der Waals surface area contributed by atoms with Gasteiger partial charge in [-0.3, -0.25) is 4.55 Å². The zero-order valence-electron chi connectivity index (χ0n) is 8.47. The van der Waals surface area contributed by atoms with E-state index in [0.717, 1.165) is 4.90 Å². The number of halogens is 3. The van der Waals surface area contributed by atoms with Crippen LogP contribution in [0.25, 0.3) is 0 Å². The molecule has 0 radical (unpaired) electrons. The molecule has 0 saturated carbocycles. The van der Waals surface area contributed by atoms with Gasteiger partial charge < -0.3 is 5.11 Å². The first kappa shape index (κ1) is 16.1. The van der Waals surface area contributed by atoms with Gasteiger partial charge in [0.2, 0.25) is 0 Å². The molecule has 98 valence electrons. The lowest BCUT2D eigenvalue weighted by Gasteiger charge is -1.97. The van der Waals surface area contributed by atoms with E-state index < -0.39 is 15.6 Å². The molecule has 17 heavy (non-hydrogen) atoms. The van der Waals surface area contributed by atoms with Gasteiger partial charge in [0.15, 0.2) is 0 Å². The van der Waals surface area contributed by atoms with Gasteiger partial charge in [0, 0.05) is 4.90 Å². The van der Waals surface area contributed by atoms with E-state index >= 15 is 0 Å². The molecular weight excluding hydrogens is 281 g/mol. The van der Waals surface area contributed by atoms with E-state index in [0.29, 0.717) is 5.75 Å². The monoisotopic (exact) mass is 290 g/mol. The number of alkyl halides is 3. The van der Waals surface area contributed by atoms with Crippen LogP contribution >= 0.6 is 11.8 Å². The minimum Gasteiger partial charge on any atom is -0.507 e. The van der Waals surface area contributed by atoms with Gasteiger partial charge in [-0.2, -0.15) is 21.6 Å². The predicted octanol–water partition coefficient (Wildman–Crippen LogP) is 2.51. The van der Waals surface area contributed by atoms with E-state index in [-0.39, 0.29) is 0 Å². The highest BCUT2D eigenvalue weighted by atomic mass is 32.2. The van der Waals surface area contributed by atoms with Crippen molar-refractivity contribution in [3.05, 3.63) is 24.3 Å². The van der Waals surface area contributed by atoms with Crippen LogP contribution in [-0.2, 0) is 10.1 Å². The number of phenolic OH excluding ortho intramolecular Hbond substituents is 1. The van der Waals surface area contributed by atoms with Gasteiger partial charge in [0.05, 0.1) is 0 Å². The number of hydrogen-bond donors (Lipinski definition) is 2. The van der Waals surface area contributed by atoms with Crippen molar-refractivity contribution in [1.82, 2.24) is 0 Å². The van der Waals surface area contributed by atoms with Crippen molar-refractivity contribution in [3.8, 4) is 5.75 Å². The molecule has 0 aliphatic heterocycles. The normalized spacial score (nSPS) is 11.6. The Balaban J connectivity index is 0.000000304. The molecule has 0 unspecified atom stereocenters. The molecule has 0 aromatic heterocycles. The largest absolute Gasteiger partial charge is 0.522 e. The lowest BCUT2D eigenvalue weighted by Crippen LogP contribution is -2.21. The molecule has 0 aliphatic rings. The third-order valence-electron chi connectivity index (χ3n) is 1.38. The Bertz CT molecular complexity index is 456. The van der Waals surface area contributed by atoms with Crippen LogP contribution in [0.15, 0.2) is 29.2 Å². The molecule has 0 spiro atoms. The lowest BCUT2D eigenvalue weighted by molar-refractivity contribution is -0.0510. The van der Waals surface area contributed by atoms with Crippen molar-refractivity contribution in [3.63, 3.8) is 0 Å². The molecule has 1 aromatic rings. The summed E-state index contributed by atoms with van der Waals surface area (Å²) in [5.74, 6) is 0.366. The first-order valence-electron chi connectivity index (χ1n) is 3.95. The van der Waals surface area contributed by atoms with Crippen LogP contribution in [0.1, 0.15) is 0 Å². The predicted molar refractivity (Wildman–Crippen MR) is 57.5 cm³/mol. The molecule has 0 atom stereocenters. The lowest BCUT2D eigenvalue weighted by atomic mass is 10.3. The number of benzene rings is 1. The topological polar surface area (TPSA) is 74.6 Å². The number of para-hydroxylation sites is 1. The zero-order valence-corrected chi connectivity index (χ0v) is 10.1. The van der Waals surface area contributed by atoms with Crippen molar-refractivity contribution in [2.75, 3.05) is 6.26 Å². The summed E-state index contributed by atoms with van der Waals surface area (Å²) in [6.07, 6.45) is 1.94. The Kier molecular flexibility index (Phi) is 5.79. The van der Waals surface area contributed by atoms with Crippen LogP contribution in [0.5, 0.6) is 5.75 Å². The fourth-order valence-corrected chi connectivity index (χ4v) is 1.12. The minimum absolute atomic E-state index is 0.366. The molecule has 2 N–H and O–H groups in total. The number of rotatable bonds is 1. The van der Waals surface area contributed by atoms with Gasteiger partial charge in [-0.25, -0.2) is 0 Å². The molecule has 0 bridgehead atoms. The quantitative estimate of drug-likeness (QED) is 0.472. The number of thioether (sulfide) groups is 1. The van der Waals surface area contributed by atoms with E-state index in [4.69, 9.17) is 18.1 Å². The van der Waals surface area contributed by atoms with Crippen LogP contribution in [0, 0.1) is 0 Å². The van der Waals surface area contributed by atoms with E-state index in [1.807, 2.05) is 24.5 Å². The van der Waals surface area contributed by atoms with Crippen LogP contribution < -0.4 is 0 Å². The van der Waals surface area contributed by atoms with Gasteiger partial charge in [-0.05, 0) is 18.4 Å². The second-order valence-electron chi connectivity index (χ2n) is 2.59.